The maximum absolute atomic E-state index is 13.0. The minimum Gasteiger partial charge on any atom is -0.462 e. The van der Waals surface area contributed by atoms with Crippen molar-refractivity contribution < 1.29 is 33.4 Å². The van der Waals surface area contributed by atoms with E-state index in [4.69, 9.17) is 14.2 Å². The van der Waals surface area contributed by atoms with Crippen LogP contribution in [-0.2, 0) is 33.4 Å². The van der Waals surface area contributed by atoms with Gasteiger partial charge >= 0.3 is 17.9 Å². The molecule has 0 saturated heterocycles. The molecule has 0 aromatic heterocycles. The summed E-state index contributed by atoms with van der Waals surface area (Å²) in [7, 11) is 0. The molecule has 4 rings (SSSR count). The smallest absolute Gasteiger partial charge is 0.303 e. The summed E-state index contributed by atoms with van der Waals surface area (Å²) in [6.45, 7) is 8.40. The summed E-state index contributed by atoms with van der Waals surface area (Å²) >= 11 is 0. The fourth-order valence-electron chi connectivity index (χ4n) is 7.41. The van der Waals surface area contributed by atoms with Gasteiger partial charge in [0.25, 0.3) is 0 Å². The summed E-state index contributed by atoms with van der Waals surface area (Å²) < 4.78 is 17.2. The predicted octanol–water partition coefficient (Wildman–Crippen LogP) is 3.53. The zero-order valence-electron chi connectivity index (χ0n) is 19.6. The highest BCUT2D eigenvalue weighted by Crippen LogP contribution is 2.65. The maximum atomic E-state index is 13.0. The average molecular weight is 447 g/mol. The van der Waals surface area contributed by atoms with Gasteiger partial charge in [-0.15, -0.1) is 0 Å². The molecule has 8 atom stereocenters. The molecule has 0 aromatic carbocycles. The second kappa shape index (κ2) is 7.99. The van der Waals surface area contributed by atoms with Crippen molar-refractivity contribution in [2.45, 2.75) is 91.5 Å². The number of carbonyl (C=O) groups is 4. The number of esters is 3. The van der Waals surface area contributed by atoms with E-state index < -0.39 is 17.6 Å². The Balaban J connectivity index is 1.81. The van der Waals surface area contributed by atoms with Crippen LogP contribution in [0.1, 0.15) is 73.1 Å². The Morgan fingerprint density at radius 3 is 2.22 bits per heavy atom. The van der Waals surface area contributed by atoms with Crippen molar-refractivity contribution in [3.05, 3.63) is 11.6 Å². The molecule has 0 spiro atoms. The monoisotopic (exact) mass is 446 g/mol. The number of hydrogen-bond donors (Lipinski definition) is 0. The van der Waals surface area contributed by atoms with E-state index in [1.807, 2.05) is 13.0 Å². The lowest BCUT2D eigenvalue weighted by Crippen LogP contribution is -2.61. The minimum absolute atomic E-state index is 0.0666. The van der Waals surface area contributed by atoms with Crippen molar-refractivity contribution in [3.8, 4) is 0 Å². The van der Waals surface area contributed by atoms with Crippen LogP contribution in [0.25, 0.3) is 0 Å². The van der Waals surface area contributed by atoms with Crippen LogP contribution in [0.2, 0.25) is 0 Å². The van der Waals surface area contributed by atoms with Crippen LogP contribution in [0.4, 0.5) is 0 Å². The molecule has 0 aliphatic heterocycles. The molecule has 0 radical (unpaired) electrons. The molecule has 4 aliphatic carbocycles. The van der Waals surface area contributed by atoms with Gasteiger partial charge in [0.2, 0.25) is 0 Å². The Hall–Kier alpha value is -2.18. The van der Waals surface area contributed by atoms with Gasteiger partial charge in [0, 0.05) is 50.9 Å². The largest absolute Gasteiger partial charge is 0.462 e. The summed E-state index contributed by atoms with van der Waals surface area (Å²) in [4.78, 5) is 48.7. The maximum Gasteiger partial charge on any atom is 0.303 e. The number of hydrogen-bond acceptors (Lipinski definition) is 7. The molecule has 0 N–H and O–H groups in total. The Bertz CT molecular complexity index is 876. The summed E-state index contributed by atoms with van der Waals surface area (Å²) in [6, 6.07) is 0. The number of rotatable bonds is 3. The first-order valence-corrected chi connectivity index (χ1v) is 11.7. The van der Waals surface area contributed by atoms with Gasteiger partial charge < -0.3 is 14.2 Å². The lowest BCUT2D eigenvalue weighted by Gasteiger charge is -2.60. The molecule has 176 valence electrons. The standard InChI is InChI=1S/C25H34O7/c1-13(26)30-17-8-9-24(4)16(10-17)11-19(31-14(2)27)22-18-6-7-21(29)25(18,5)12-20(23(22)24)32-15(3)28/h11,17-20,22-23H,6-10,12H2,1-5H3/t17-,18-,19-,20+,22+,23-,24-,25-/m0/s1. The fraction of sp³-hybridized carbons (Fsp3) is 0.760. The zero-order valence-corrected chi connectivity index (χ0v) is 19.6. The molecule has 3 fully saturated rings. The fourth-order valence-corrected chi connectivity index (χ4v) is 7.41. The molecule has 0 amide bonds. The number of fused-ring (bicyclic) bond motifs is 5. The van der Waals surface area contributed by atoms with Gasteiger partial charge in [-0.2, -0.15) is 0 Å². The van der Waals surface area contributed by atoms with Gasteiger partial charge in [-0.05, 0) is 43.1 Å². The Morgan fingerprint density at radius 1 is 0.938 bits per heavy atom. The van der Waals surface area contributed by atoms with Crippen LogP contribution in [0.15, 0.2) is 11.6 Å². The average Bonchev–Trinajstić information content (AvgIpc) is 2.95. The highest BCUT2D eigenvalue weighted by Gasteiger charge is 2.65. The van der Waals surface area contributed by atoms with Gasteiger partial charge in [-0.25, -0.2) is 0 Å². The lowest BCUT2D eigenvalue weighted by atomic mass is 9.46. The van der Waals surface area contributed by atoms with Crippen molar-refractivity contribution in [2.75, 3.05) is 0 Å². The molecule has 7 nitrogen and oxygen atoms in total. The Morgan fingerprint density at radius 2 is 1.59 bits per heavy atom. The van der Waals surface area contributed by atoms with Gasteiger partial charge in [0.15, 0.2) is 0 Å². The van der Waals surface area contributed by atoms with Gasteiger partial charge in [-0.1, -0.05) is 19.4 Å². The topological polar surface area (TPSA) is 96.0 Å². The second-order valence-electron chi connectivity index (χ2n) is 10.6. The molecule has 0 aromatic rings. The van der Waals surface area contributed by atoms with E-state index >= 15 is 0 Å². The highest BCUT2D eigenvalue weighted by molar-refractivity contribution is 5.87. The Labute approximate surface area is 189 Å². The van der Waals surface area contributed by atoms with E-state index in [1.54, 1.807) is 0 Å². The third-order valence-corrected chi connectivity index (χ3v) is 8.64. The molecule has 3 saturated carbocycles. The highest BCUT2D eigenvalue weighted by atomic mass is 16.6. The number of ketones is 1. The van der Waals surface area contributed by atoms with E-state index in [9.17, 15) is 19.2 Å². The minimum atomic E-state index is -0.587. The van der Waals surface area contributed by atoms with E-state index in [0.717, 1.165) is 24.8 Å². The normalized spacial score (nSPS) is 42.7. The van der Waals surface area contributed by atoms with Gasteiger partial charge in [-0.3, -0.25) is 19.2 Å². The summed E-state index contributed by atoms with van der Waals surface area (Å²) in [5, 5.41) is 0. The molecule has 0 unspecified atom stereocenters. The van der Waals surface area contributed by atoms with Crippen molar-refractivity contribution >= 4 is 23.7 Å². The van der Waals surface area contributed by atoms with E-state index in [-0.39, 0.29) is 53.0 Å². The molecule has 7 heteroatoms. The quantitative estimate of drug-likeness (QED) is 0.372. The van der Waals surface area contributed by atoms with Crippen molar-refractivity contribution in [3.63, 3.8) is 0 Å². The van der Waals surface area contributed by atoms with Gasteiger partial charge in [0.1, 0.15) is 24.1 Å². The van der Waals surface area contributed by atoms with Crippen LogP contribution in [-0.4, -0.2) is 42.0 Å². The van der Waals surface area contributed by atoms with Crippen molar-refractivity contribution in [1.29, 1.82) is 0 Å². The first-order chi connectivity index (χ1) is 15.0. The van der Waals surface area contributed by atoms with Crippen molar-refractivity contribution in [2.24, 2.45) is 28.6 Å². The van der Waals surface area contributed by atoms with E-state index in [0.29, 0.717) is 19.3 Å². The number of Topliss-reactive ketones (excluding diaryl/α,β-unsaturated/α-hetero) is 1. The molecule has 32 heavy (non-hydrogen) atoms. The predicted molar refractivity (Wildman–Crippen MR) is 114 cm³/mol. The summed E-state index contributed by atoms with van der Waals surface area (Å²) in [5.41, 5.74) is 0.217. The van der Waals surface area contributed by atoms with E-state index in [1.165, 1.54) is 20.8 Å². The van der Waals surface area contributed by atoms with Crippen LogP contribution in [0.5, 0.6) is 0 Å². The third kappa shape index (κ3) is 3.67. The molecule has 0 heterocycles. The SMILES string of the molecule is CC(=O)O[C@H]1CC[C@@]2(C)C(=C[C@H](OC(C)=O)[C@@H]3[C@@H]2[C@H](OC(C)=O)C[C@]2(C)C(=O)CC[C@@H]32)C1. The molecular weight excluding hydrogens is 412 g/mol. The summed E-state index contributed by atoms with van der Waals surface area (Å²) in [6.07, 6.45) is 4.74. The number of carbonyl (C=O) groups excluding carboxylic acids is 4. The number of ether oxygens (including phenoxy) is 3. The zero-order chi connectivity index (χ0) is 23.4. The van der Waals surface area contributed by atoms with Crippen LogP contribution >= 0.6 is 0 Å². The second-order valence-corrected chi connectivity index (χ2v) is 10.6. The molecule has 4 aliphatic rings. The molecular formula is C25H34O7. The van der Waals surface area contributed by atoms with Crippen molar-refractivity contribution in [1.82, 2.24) is 0 Å². The first-order valence-electron chi connectivity index (χ1n) is 11.7. The van der Waals surface area contributed by atoms with Crippen LogP contribution < -0.4 is 0 Å². The third-order valence-electron chi connectivity index (χ3n) is 8.64. The lowest BCUT2D eigenvalue weighted by molar-refractivity contribution is -0.189. The first kappa shape index (κ1) is 23.0. The van der Waals surface area contributed by atoms with Crippen LogP contribution in [0.3, 0.4) is 0 Å². The Kier molecular flexibility index (Phi) is 5.74. The van der Waals surface area contributed by atoms with Crippen LogP contribution in [0, 0.1) is 28.6 Å². The summed E-state index contributed by atoms with van der Waals surface area (Å²) in [5.74, 6) is -0.943. The molecule has 0 bridgehead atoms. The van der Waals surface area contributed by atoms with E-state index in [2.05, 4.69) is 6.92 Å². The van der Waals surface area contributed by atoms with Gasteiger partial charge in [0.05, 0.1) is 0 Å².